The van der Waals surface area contributed by atoms with Gasteiger partial charge in [-0.2, -0.15) is 0 Å². The lowest BCUT2D eigenvalue weighted by Gasteiger charge is -2.38. The van der Waals surface area contributed by atoms with E-state index in [1.165, 1.54) is 0 Å². The molecule has 2 unspecified atom stereocenters. The molecule has 2 fully saturated rings. The van der Waals surface area contributed by atoms with Gasteiger partial charge in [-0.3, -0.25) is 20.2 Å². The van der Waals surface area contributed by atoms with Crippen LogP contribution in [0.1, 0.15) is 77.6 Å². The number of nitro groups is 2. The molecule has 0 heterocycles. The minimum Gasteiger partial charge on any atom is -0.386 e. The Labute approximate surface area is 136 Å². The van der Waals surface area contributed by atoms with Gasteiger partial charge < -0.3 is 5.11 Å². The van der Waals surface area contributed by atoms with Crippen LogP contribution in [0.4, 0.5) is 0 Å². The highest BCUT2D eigenvalue weighted by atomic mass is 16.6. The van der Waals surface area contributed by atoms with Crippen LogP contribution < -0.4 is 0 Å². The molecule has 0 amide bonds. The highest BCUT2D eigenvalue weighted by Crippen LogP contribution is 2.42. The third-order valence-electron chi connectivity index (χ3n) is 6.28. The second kappa shape index (κ2) is 7.11. The van der Waals surface area contributed by atoms with E-state index in [0.717, 1.165) is 38.5 Å². The first-order valence-corrected chi connectivity index (χ1v) is 8.82. The molecule has 0 aromatic carbocycles. The van der Waals surface area contributed by atoms with E-state index in [0.29, 0.717) is 25.7 Å². The Morgan fingerprint density at radius 2 is 1.26 bits per heavy atom. The van der Waals surface area contributed by atoms with Gasteiger partial charge in [0, 0.05) is 41.4 Å². The van der Waals surface area contributed by atoms with Gasteiger partial charge in [0.15, 0.2) is 0 Å². The summed E-state index contributed by atoms with van der Waals surface area (Å²) in [5.41, 5.74) is -2.33. The number of aliphatic hydroxyl groups excluding tert-OH is 1. The van der Waals surface area contributed by atoms with Gasteiger partial charge in [0.25, 0.3) is 0 Å². The summed E-state index contributed by atoms with van der Waals surface area (Å²) in [7, 11) is 0. The molecule has 2 saturated carbocycles. The summed E-state index contributed by atoms with van der Waals surface area (Å²) in [6.07, 6.45) is 5.90. The van der Waals surface area contributed by atoms with Crippen LogP contribution in [0.2, 0.25) is 0 Å². The van der Waals surface area contributed by atoms with Crippen molar-refractivity contribution in [3.05, 3.63) is 20.2 Å². The highest BCUT2D eigenvalue weighted by molar-refractivity contribution is 4.95. The molecular formula is C16H28N2O5. The van der Waals surface area contributed by atoms with E-state index in [4.69, 9.17) is 0 Å². The summed E-state index contributed by atoms with van der Waals surface area (Å²) < 4.78 is 0. The smallest absolute Gasteiger partial charge is 0.247 e. The standard InChI is InChI=1S/C16H28N2O5/c1-13(15(17(20)21)8-4-2-5-9-15)12-14(19)16(18(22)23)10-6-3-7-11-16/h13-14,19H,2-12H2,1H3. The van der Waals surface area contributed by atoms with Crippen molar-refractivity contribution in [2.75, 3.05) is 0 Å². The third kappa shape index (κ3) is 3.34. The van der Waals surface area contributed by atoms with Crippen LogP contribution in [0.15, 0.2) is 0 Å². The van der Waals surface area contributed by atoms with Crippen molar-refractivity contribution in [2.45, 2.75) is 94.7 Å². The molecule has 2 aliphatic rings. The largest absolute Gasteiger partial charge is 0.386 e. The molecule has 1 N–H and O–H groups in total. The second-order valence-corrected chi connectivity index (χ2v) is 7.50. The first-order chi connectivity index (χ1) is 10.8. The molecule has 2 rings (SSSR count). The topological polar surface area (TPSA) is 107 Å². The van der Waals surface area contributed by atoms with E-state index in [1.54, 1.807) is 6.92 Å². The normalized spacial score (nSPS) is 26.2. The zero-order valence-electron chi connectivity index (χ0n) is 13.9. The van der Waals surface area contributed by atoms with E-state index >= 15 is 0 Å². The molecule has 23 heavy (non-hydrogen) atoms. The first-order valence-electron chi connectivity index (χ1n) is 8.82. The molecule has 0 bridgehead atoms. The van der Waals surface area contributed by atoms with Gasteiger partial charge >= 0.3 is 0 Å². The molecule has 2 aliphatic carbocycles. The van der Waals surface area contributed by atoms with Gasteiger partial charge in [0.1, 0.15) is 6.10 Å². The number of rotatable bonds is 6. The summed E-state index contributed by atoms with van der Waals surface area (Å²) in [4.78, 5) is 22.8. The van der Waals surface area contributed by atoms with Gasteiger partial charge in [-0.15, -0.1) is 0 Å². The zero-order valence-corrected chi connectivity index (χ0v) is 13.9. The van der Waals surface area contributed by atoms with Gasteiger partial charge in [-0.05, 0) is 32.1 Å². The summed E-state index contributed by atoms with van der Waals surface area (Å²) >= 11 is 0. The fourth-order valence-electron chi connectivity index (χ4n) is 4.59. The number of hydrogen-bond acceptors (Lipinski definition) is 5. The van der Waals surface area contributed by atoms with Gasteiger partial charge in [-0.1, -0.05) is 19.8 Å². The lowest BCUT2D eigenvalue weighted by Crippen LogP contribution is -2.54. The quantitative estimate of drug-likeness (QED) is 0.594. The SMILES string of the molecule is CC(CC(O)C1([N+](=O)[O-])CCCCC1)C1([N+](=O)[O-])CCCCC1. The van der Waals surface area contributed by atoms with Gasteiger partial charge in [0.05, 0.1) is 0 Å². The van der Waals surface area contributed by atoms with Crippen molar-refractivity contribution >= 4 is 0 Å². The van der Waals surface area contributed by atoms with Crippen LogP contribution >= 0.6 is 0 Å². The van der Waals surface area contributed by atoms with Crippen LogP contribution in [-0.2, 0) is 0 Å². The maximum absolute atomic E-state index is 11.7. The van der Waals surface area contributed by atoms with Crippen LogP contribution in [0.25, 0.3) is 0 Å². The summed E-state index contributed by atoms with van der Waals surface area (Å²) in [5, 5.41) is 33.9. The Hall–Kier alpha value is -1.24. The Morgan fingerprint density at radius 3 is 1.65 bits per heavy atom. The molecule has 0 saturated heterocycles. The molecule has 0 aromatic heterocycles. The zero-order chi connectivity index (χ0) is 17.1. The number of nitrogens with zero attached hydrogens (tertiary/aromatic N) is 2. The summed E-state index contributed by atoms with van der Waals surface area (Å²) in [6, 6.07) is 0. The van der Waals surface area contributed by atoms with Crippen molar-refractivity contribution in [3.8, 4) is 0 Å². The average molecular weight is 328 g/mol. The Kier molecular flexibility index (Phi) is 5.60. The Balaban J connectivity index is 2.14. The van der Waals surface area contributed by atoms with Crippen LogP contribution in [0.3, 0.4) is 0 Å². The van der Waals surface area contributed by atoms with Crippen molar-refractivity contribution in [1.29, 1.82) is 0 Å². The van der Waals surface area contributed by atoms with E-state index in [1.807, 2.05) is 0 Å². The molecule has 0 spiro atoms. The summed E-state index contributed by atoms with van der Waals surface area (Å²) in [6.45, 7) is 1.79. The molecule has 0 aromatic rings. The molecule has 7 heteroatoms. The third-order valence-corrected chi connectivity index (χ3v) is 6.28. The lowest BCUT2D eigenvalue weighted by atomic mass is 9.69. The minimum atomic E-state index is -1.31. The molecule has 0 aliphatic heterocycles. The van der Waals surface area contributed by atoms with E-state index in [9.17, 15) is 25.3 Å². The van der Waals surface area contributed by atoms with Crippen molar-refractivity contribution in [3.63, 3.8) is 0 Å². The van der Waals surface area contributed by atoms with Gasteiger partial charge in [0.2, 0.25) is 11.1 Å². The average Bonchev–Trinajstić information content (AvgIpc) is 2.55. The number of hydrogen-bond donors (Lipinski definition) is 1. The van der Waals surface area contributed by atoms with Crippen LogP contribution in [0.5, 0.6) is 0 Å². The fourth-order valence-corrected chi connectivity index (χ4v) is 4.59. The van der Waals surface area contributed by atoms with E-state index in [-0.39, 0.29) is 22.2 Å². The molecule has 0 radical (unpaired) electrons. The van der Waals surface area contributed by atoms with Crippen LogP contribution in [-0.4, -0.2) is 32.1 Å². The van der Waals surface area contributed by atoms with Crippen molar-refractivity contribution < 1.29 is 15.0 Å². The summed E-state index contributed by atoms with van der Waals surface area (Å²) in [5.74, 6) is -0.355. The lowest BCUT2D eigenvalue weighted by molar-refractivity contribution is -0.596. The maximum Gasteiger partial charge on any atom is 0.247 e. The first kappa shape index (κ1) is 18.1. The van der Waals surface area contributed by atoms with E-state index in [2.05, 4.69) is 0 Å². The molecule has 7 nitrogen and oxygen atoms in total. The van der Waals surface area contributed by atoms with Crippen LogP contribution in [0, 0.1) is 26.1 Å². The minimum absolute atomic E-state index is 0.141. The Bertz CT molecular complexity index is 402. The fraction of sp³-hybridized carbons (Fsp3) is 1.00. The monoisotopic (exact) mass is 328 g/mol. The maximum atomic E-state index is 11.7. The number of aliphatic hydroxyl groups is 1. The predicted octanol–water partition coefficient (Wildman–Crippen LogP) is 3.33. The molecule has 2 atom stereocenters. The predicted molar refractivity (Wildman–Crippen MR) is 85.4 cm³/mol. The van der Waals surface area contributed by atoms with Crippen molar-refractivity contribution in [2.24, 2.45) is 5.92 Å². The second-order valence-electron chi connectivity index (χ2n) is 7.50. The highest BCUT2D eigenvalue weighted by Gasteiger charge is 2.55. The molecule has 132 valence electrons. The van der Waals surface area contributed by atoms with Crippen molar-refractivity contribution in [1.82, 2.24) is 0 Å². The van der Waals surface area contributed by atoms with E-state index < -0.39 is 17.2 Å². The molecular weight excluding hydrogens is 300 g/mol. The van der Waals surface area contributed by atoms with Gasteiger partial charge in [-0.25, -0.2) is 0 Å². The Morgan fingerprint density at radius 1 is 0.870 bits per heavy atom.